The lowest BCUT2D eigenvalue weighted by Crippen LogP contribution is -2.06. The van der Waals surface area contributed by atoms with Crippen molar-refractivity contribution >= 4 is 17.2 Å². The van der Waals surface area contributed by atoms with Crippen LogP contribution in [-0.2, 0) is 6.54 Å². The molecule has 0 unspecified atom stereocenters. The molecular formula is C12H14ClN3. The van der Waals surface area contributed by atoms with Gasteiger partial charge in [-0.3, -0.25) is 4.40 Å². The molecule has 2 aromatic heterocycles. The Kier molecular flexibility index (Phi) is 2.37. The van der Waals surface area contributed by atoms with E-state index in [1.54, 1.807) is 0 Å². The van der Waals surface area contributed by atoms with Crippen LogP contribution >= 0.6 is 11.6 Å². The van der Waals surface area contributed by atoms with Crippen molar-refractivity contribution in [3.63, 3.8) is 0 Å². The molecule has 0 saturated heterocycles. The Labute approximate surface area is 99.4 Å². The highest BCUT2D eigenvalue weighted by Gasteiger charge is 2.29. The number of rotatable bonds is 3. The smallest absolute Gasteiger partial charge is 0.142 e. The third kappa shape index (κ3) is 1.51. The largest absolute Gasteiger partial charge is 0.316 e. The summed E-state index contributed by atoms with van der Waals surface area (Å²) in [6, 6.07) is 4.11. The molecule has 0 radical (unpaired) electrons. The van der Waals surface area contributed by atoms with Crippen molar-refractivity contribution in [2.24, 2.45) is 0 Å². The van der Waals surface area contributed by atoms with Crippen LogP contribution in [0, 0.1) is 0 Å². The predicted octanol–water partition coefficient (Wildman–Crippen LogP) is 2.58. The van der Waals surface area contributed by atoms with Gasteiger partial charge in [-0.2, -0.15) is 0 Å². The lowest BCUT2D eigenvalue weighted by Gasteiger charge is -2.02. The third-order valence-electron chi connectivity index (χ3n) is 3.03. The fraction of sp³-hybridized carbons (Fsp3) is 0.417. The van der Waals surface area contributed by atoms with Crippen LogP contribution in [0.2, 0.25) is 5.15 Å². The highest BCUT2D eigenvalue weighted by atomic mass is 35.5. The van der Waals surface area contributed by atoms with Gasteiger partial charge >= 0.3 is 0 Å². The van der Waals surface area contributed by atoms with Crippen LogP contribution in [0.25, 0.3) is 5.65 Å². The van der Waals surface area contributed by atoms with Crippen LogP contribution in [0.15, 0.2) is 18.3 Å². The molecule has 3 nitrogen and oxygen atoms in total. The molecule has 0 spiro atoms. The first kappa shape index (κ1) is 10.1. The molecule has 1 saturated carbocycles. The summed E-state index contributed by atoms with van der Waals surface area (Å²) >= 11 is 6.34. The second-order valence-electron chi connectivity index (χ2n) is 4.32. The van der Waals surface area contributed by atoms with Gasteiger partial charge in [-0.05, 0) is 26.0 Å². The van der Waals surface area contributed by atoms with Gasteiger partial charge < -0.3 is 5.32 Å². The third-order valence-corrected chi connectivity index (χ3v) is 3.40. The number of nitrogens with one attached hydrogen (secondary N) is 1. The fourth-order valence-electron chi connectivity index (χ4n) is 2.06. The SMILES string of the molecule is CNCc1cccn2c(Cl)c(C3CC3)nc12. The van der Waals surface area contributed by atoms with E-state index in [2.05, 4.69) is 16.4 Å². The van der Waals surface area contributed by atoms with Gasteiger partial charge in [0.15, 0.2) is 0 Å². The molecule has 0 aliphatic heterocycles. The molecule has 84 valence electrons. The number of fused-ring (bicyclic) bond motifs is 1. The van der Waals surface area contributed by atoms with E-state index < -0.39 is 0 Å². The van der Waals surface area contributed by atoms with E-state index in [0.717, 1.165) is 23.0 Å². The van der Waals surface area contributed by atoms with Crippen LogP contribution < -0.4 is 5.32 Å². The maximum atomic E-state index is 6.34. The molecule has 2 aromatic rings. The molecule has 2 heterocycles. The van der Waals surface area contributed by atoms with Gasteiger partial charge in [0.1, 0.15) is 10.8 Å². The predicted molar refractivity (Wildman–Crippen MR) is 64.9 cm³/mol. The number of hydrogen-bond acceptors (Lipinski definition) is 2. The molecule has 0 atom stereocenters. The van der Waals surface area contributed by atoms with Crippen molar-refractivity contribution in [3.05, 3.63) is 34.7 Å². The summed E-state index contributed by atoms with van der Waals surface area (Å²) in [6.07, 6.45) is 4.44. The molecule has 1 N–H and O–H groups in total. The molecule has 0 amide bonds. The summed E-state index contributed by atoms with van der Waals surface area (Å²) in [6.45, 7) is 0.821. The number of pyridine rings is 1. The van der Waals surface area contributed by atoms with Gasteiger partial charge in [-0.1, -0.05) is 17.7 Å². The number of hydrogen-bond donors (Lipinski definition) is 1. The van der Waals surface area contributed by atoms with Gasteiger partial charge in [0.05, 0.1) is 5.69 Å². The average molecular weight is 236 g/mol. The van der Waals surface area contributed by atoms with E-state index >= 15 is 0 Å². The molecular weight excluding hydrogens is 222 g/mol. The van der Waals surface area contributed by atoms with Gasteiger partial charge in [0.2, 0.25) is 0 Å². The second-order valence-corrected chi connectivity index (χ2v) is 4.68. The number of halogens is 1. The highest BCUT2D eigenvalue weighted by molar-refractivity contribution is 6.30. The Morgan fingerprint density at radius 1 is 1.56 bits per heavy atom. The summed E-state index contributed by atoms with van der Waals surface area (Å²) in [5.41, 5.74) is 3.26. The van der Waals surface area contributed by atoms with Gasteiger partial charge in [-0.15, -0.1) is 0 Å². The number of nitrogens with zero attached hydrogens (tertiary/aromatic N) is 2. The minimum Gasteiger partial charge on any atom is -0.316 e. The van der Waals surface area contributed by atoms with E-state index in [9.17, 15) is 0 Å². The maximum absolute atomic E-state index is 6.34. The first-order valence-electron chi connectivity index (χ1n) is 5.61. The zero-order valence-electron chi connectivity index (χ0n) is 9.20. The first-order chi connectivity index (χ1) is 7.81. The summed E-state index contributed by atoms with van der Waals surface area (Å²) < 4.78 is 1.99. The molecule has 4 heteroatoms. The van der Waals surface area contributed by atoms with Crippen LogP contribution in [0.5, 0.6) is 0 Å². The Hall–Kier alpha value is -1.06. The first-order valence-corrected chi connectivity index (χ1v) is 5.99. The van der Waals surface area contributed by atoms with Gasteiger partial charge in [0, 0.05) is 24.2 Å². The topological polar surface area (TPSA) is 29.3 Å². The summed E-state index contributed by atoms with van der Waals surface area (Å²) in [5.74, 6) is 0.592. The molecule has 3 rings (SSSR count). The monoisotopic (exact) mass is 235 g/mol. The normalized spacial score (nSPS) is 15.9. The lowest BCUT2D eigenvalue weighted by molar-refractivity contribution is 0.816. The minimum atomic E-state index is 0.592. The highest BCUT2D eigenvalue weighted by Crippen LogP contribution is 2.43. The lowest BCUT2D eigenvalue weighted by atomic mass is 10.2. The Bertz CT molecular complexity index is 528. The molecule has 1 aliphatic carbocycles. The van der Waals surface area contributed by atoms with Crippen LogP contribution in [-0.4, -0.2) is 16.4 Å². The Morgan fingerprint density at radius 3 is 3.06 bits per heavy atom. The summed E-state index contributed by atoms with van der Waals surface area (Å²) in [4.78, 5) is 4.68. The van der Waals surface area contributed by atoms with Gasteiger partial charge in [0.25, 0.3) is 0 Å². The second kappa shape index (κ2) is 3.75. The van der Waals surface area contributed by atoms with E-state index in [1.807, 2.05) is 23.7 Å². The standard InChI is InChI=1S/C12H14ClN3/c1-14-7-9-3-2-6-16-11(13)10(8-4-5-8)15-12(9)16/h2-3,6,8,14H,4-5,7H2,1H3. The van der Waals surface area contributed by atoms with Crippen molar-refractivity contribution in [2.75, 3.05) is 7.05 Å². The van der Waals surface area contributed by atoms with Crippen molar-refractivity contribution in [3.8, 4) is 0 Å². The Morgan fingerprint density at radius 2 is 2.38 bits per heavy atom. The number of imidazole rings is 1. The van der Waals surface area contributed by atoms with E-state index in [0.29, 0.717) is 5.92 Å². The quantitative estimate of drug-likeness (QED) is 0.886. The van der Waals surface area contributed by atoms with Crippen LogP contribution in [0.1, 0.15) is 30.0 Å². The van der Waals surface area contributed by atoms with E-state index in [4.69, 9.17) is 11.6 Å². The van der Waals surface area contributed by atoms with Crippen LogP contribution in [0.3, 0.4) is 0 Å². The Balaban J connectivity index is 2.19. The van der Waals surface area contributed by atoms with Crippen molar-refractivity contribution in [1.29, 1.82) is 0 Å². The van der Waals surface area contributed by atoms with Crippen molar-refractivity contribution < 1.29 is 0 Å². The summed E-state index contributed by atoms with van der Waals surface area (Å²) in [5, 5.41) is 3.94. The van der Waals surface area contributed by atoms with E-state index in [-0.39, 0.29) is 0 Å². The van der Waals surface area contributed by atoms with E-state index in [1.165, 1.54) is 18.4 Å². The van der Waals surface area contributed by atoms with Crippen LogP contribution in [0.4, 0.5) is 0 Å². The molecule has 0 aromatic carbocycles. The zero-order chi connectivity index (χ0) is 11.1. The number of aromatic nitrogens is 2. The minimum absolute atomic E-state index is 0.592. The van der Waals surface area contributed by atoms with Gasteiger partial charge in [-0.25, -0.2) is 4.98 Å². The van der Waals surface area contributed by atoms with Crippen molar-refractivity contribution in [1.82, 2.24) is 14.7 Å². The maximum Gasteiger partial charge on any atom is 0.142 e. The molecule has 1 aliphatic rings. The fourth-order valence-corrected chi connectivity index (χ4v) is 2.39. The average Bonchev–Trinajstić information content (AvgIpc) is 3.06. The van der Waals surface area contributed by atoms with Crippen molar-refractivity contribution in [2.45, 2.75) is 25.3 Å². The zero-order valence-corrected chi connectivity index (χ0v) is 9.96. The molecule has 0 bridgehead atoms. The molecule has 1 fully saturated rings. The summed E-state index contributed by atoms with van der Waals surface area (Å²) in [7, 11) is 1.94. The molecule has 16 heavy (non-hydrogen) atoms.